The van der Waals surface area contributed by atoms with Crippen LogP contribution < -0.4 is 5.90 Å². The molecule has 0 amide bonds. The minimum absolute atomic E-state index is 0.581. The normalized spacial score (nSPS) is 10.2. The van der Waals surface area contributed by atoms with Crippen molar-refractivity contribution in [1.29, 1.82) is 0 Å². The van der Waals surface area contributed by atoms with Gasteiger partial charge in [-0.1, -0.05) is 18.2 Å². The van der Waals surface area contributed by atoms with Crippen molar-refractivity contribution in [1.82, 2.24) is 0 Å². The van der Waals surface area contributed by atoms with Gasteiger partial charge in [0.2, 0.25) is 0 Å². The van der Waals surface area contributed by atoms with E-state index in [9.17, 15) is 0 Å². The minimum Gasteiger partial charge on any atom is -0.304 e. The fraction of sp³-hybridized carbons (Fsp3) is 0.333. The third-order valence-corrected chi connectivity index (χ3v) is 2.52. The summed E-state index contributed by atoms with van der Waals surface area (Å²) in [5, 5.41) is 0. The Bertz CT molecular complexity index is 240. The predicted molar refractivity (Wildman–Crippen MR) is 52.1 cm³/mol. The van der Waals surface area contributed by atoms with E-state index in [4.69, 9.17) is 5.90 Å². The maximum absolute atomic E-state index is 4.96. The van der Waals surface area contributed by atoms with Crippen LogP contribution in [0.2, 0.25) is 0 Å². The first-order chi connectivity index (χ1) is 5.88. The fourth-order valence-corrected chi connectivity index (χ4v) is 1.73. The zero-order valence-electron chi connectivity index (χ0n) is 7.12. The molecule has 0 aliphatic heterocycles. The van der Waals surface area contributed by atoms with Gasteiger partial charge >= 0.3 is 0 Å². The van der Waals surface area contributed by atoms with Gasteiger partial charge in [-0.05, 0) is 24.3 Å². The summed E-state index contributed by atoms with van der Waals surface area (Å²) < 4.78 is 0. The summed E-state index contributed by atoms with van der Waals surface area (Å²) in [5.74, 6) is 4.96. The van der Waals surface area contributed by atoms with E-state index >= 15 is 0 Å². The number of hydrogen-bond donors (Lipinski definition) is 1. The highest BCUT2D eigenvalue weighted by Crippen LogP contribution is 2.19. The smallest absolute Gasteiger partial charge is 0.0720 e. The molecule has 0 aliphatic rings. The molecule has 66 valence electrons. The first-order valence-electron chi connectivity index (χ1n) is 3.82. The van der Waals surface area contributed by atoms with Crippen LogP contribution in [0.4, 0.5) is 0 Å². The molecule has 1 rings (SSSR count). The van der Waals surface area contributed by atoms with Crippen molar-refractivity contribution >= 4 is 11.8 Å². The predicted octanol–water partition coefficient (Wildman–Crippen LogP) is 1.84. The Kier molecular flexibility index (Phi) is 4.14. The van der Waals surface area contributed by atoms with Gasteiger partial charge in [-0.25, -0.2) is 5.90 Å². The van der Waals surface area contributed by atoms with Crippen molar-refractivity contribution in [2.45, 2.75) is 11.3 Å². The second-order valence-electron chi connectivity index (χ2n) is 2.43. The van der Waals surface area contributed by atoms with Crippen LogP contribution in [0.1, 0.15) is 5.56 Å². The zero-order chi connectivity index (χ0) is 8.81. The van der Waals surface area contributed by atoms with Gasteiger partial charge in [0.1, 0.15) is 0 Å². The van der Waals surface area contributed by atoms with E-state index in [1.165, 1.54) is 10.5 Å². The molecule has 1 aromatic rings. The summed E-state index contributed by atoms with van der Waals surface area (Å²) >= 11 is 1.75. The van der Waals surface area contributed by atoms with Crippen LogP contribution in [0.3, 0.4) is 0 Å². The van der Waals surface area contributed by atoms with Crippen molar-refractivity contribution < 1.29 is 4.84 Å². The highest BCUT2D eigenvalue weighted by molar-refractivity contribution is 7.98. The Labute approximate surface area is 77.1 Å². The van der Waals surface area contributed by atoms with E-state index in [1.807, 2.05) is 12.1 Å². The second-order valence-corrected chi connectivity index (χ2v) is 3.28. The summed E-state index contributed by atoms with van der Waals surface area (Å²) in [7, 11) is 0. The maximum atomic E-state index is 4.96. The molecule has 2 nitrogen and oxygen atoms in total. The van der Waals surface area contributed by atoms with E-state index in [-0.39, 0.29) is 0 Å². The molecule has 0 aromatic heterocycles. The van der Waals surface area contributed by atoms with Crippen LogP contribution in [0.15, 0.2) is 29.2 Å². The molecular weight excluding hydrogens is 170 g/mol. The summed E-state index contributed by atoms with van der Waals surface area (Å²) in [4.78, 5) is 5.84. The van der Waals surface area contributed by atoms with Crippen molar-refractivity contribution in [3.05, 3.63) is 29.8 Å². The van der Waals surface area contributed by atoms with Crippen molar-refractivity contribution in [2.24, 2.45) is 5.90 Å². The van der Waals surface area contributed by atoms with Crippen molar-refractivity contribution in [2.75, 3.05) is 12.9 Å². The lowest BCUT2D eigenvalue weighted by Gasteiger charge is -2.04. The van der Waals surface area contributed by atoms with E-state index in [0.717, 1.165) is 6.42 Å². The Morgan fingerprint density at radius 3 is 2.83 bits per heavy atom. The average Bonchev–Trinajstić information content (AvgIpc) is 2.15. The molecule has 1 aromatic carbocycles. The topological polar surface area (TPSA) is 35.2 Å². The molecule has 0 heterocycles. The molecule has 0 saturated carbocycles. The monoisotopic (exact) mass is 183 g/mol. The van der Waals surface area contributed by atoms with Crippen LogP contribution in [-0.2, 0) is 11.3 Å². The fourth-order valence-electron chi connectivity index (χ4n) is 1.08. The maximum Gasteiger partial charge on any atom is 0.0720 e. The van der Waals surface area contributed by atoms with E-state index in [2.05, 4.69) is 23.2 Å². The lowest BCUT2D eigenvalue weighted by atomic mass is 10.2. The van der Waals surface area contributed by atoms with Crippen LogP contribution >= 0.6 is 11.8 Å². The third kappa shape index (κ3) is 2.52. The number of hydrogen-bond acceptors (Lipinski definition) is 3. The van der Waals surface area contributed by atoms with Crippen LogP contribution in [0.5, 0.6) is 0 Å². The zero-order valence-corrected chi connectivity index (χ0v) is 7.93. The van der Waals surface area contributed by atoms with E-state index < -0.39 is 0 Å². The largest absolute Gasteiger partial charge is 0.304 e. The number of nitrogens with two attached hydrogens (primary N) is 1. The Morgan fingerprint density at radius 1 is 1.42 bits per heavy atom. The molecule has 2 N–H and O–H groups in total. The van der Waals surface area contributed by atoms with Gasteiger partial charge < -0.3 is 4.84 Å². The number of benzene rings is 1. The SMILES string of the molecule is CSc1ccccc1CCON. The van der Waals surface area contributed by atoms with E-state index in [1.54, 1.807) is 11.8 Å². The summed E-state index contributed by atoms with van der Waals surface area (Å²) in [6, 6.07) is 8.28. The van der Waals surface area contributed by atoms with Crippen molar-refractivity contribution in [3.63, 3.8) is 0 Å². The molecular formula is C9H13NOS. The Morgan fingerprint density at radius 2 is 2.17 bits per heavy atom. The first kappa shape index (κ1) is 9.58. The molecule has 3 heteroatoms. The molecule has 0 aliphatic carbocycles. The van der Waals surface area contributed by atoms with Gasteiger partial charge in [0.15, 0.2) is 0 Å². The van der Waals surface area contributed by atoms with E-state index in [0.29, 0.717) is 6.61 Å². The highest BCUT2D eigenvalue weighted by Gasteiger charge is 1.98. The molecule has 0 unspecified atom stereocenters. The van der Waals surface area contributed by atoms with Gasteiger partial charge in [-0.2, -0.15) is 0 Å². The quantitative estimate of drug-likeness (QED) is 0.571. The van der Waals surface area contributed by atoms with Gasteiger partial charge in [-0.3, -0.25) is 0 Å². The first-order valence-corrected chi connectivity index (χ1v) is 5.04. The number of thioether (sulfide) groups is 1. The summed E-state index contributed by atoms with van der Waals surface area (Å²) in [6.07, 6.45) is 2.95. The Hall–Kier alpha value is -0.510. The van der Waals surface area contributed by atoms with Gasteiger partial charge in [0.25, 0.3) is 0 Å². The lowest BCUT2D eigenvalue weighted by Crippen LogP contribution is -2.04. The van der Waals surface area contributed by atoms with Gasteiger partial charge in [0, 0.05) is 4.90 Å². The number of rotatable bonds is 4. The molecule has 0 bridgehead atoms. The molecule has 0 radical (unpaired) electrons. The molecule has 0 atom stereocenters. The van der Waals surface area contributed by atoms with Crippen LogP contribution in [0.25, 0.3) is 0 Å². The molecule has 12 heavy (non-hydrogen) atoms. The molecule has 0 spiro atoms. The third-order valence-electron chi connectivity index (χ3n) is 1.68. The van der Waals surface area contributed by atoms with Crippen LogP contribution in [0, 0.1) is 0 Å². The van der Waals surface area contributed by atoms with Gasteiger partial charge in [-0.15, -0.1) is 11.8 Å². The molecule has 0 fully saturated rings. The summed E-state index contributed by atoms with van der Waals surface area (Å²) in [5.41, 5.74) is 1.30. The highest BCUT2D eigenvalue weighted by atomic mass is 32.2. The lowest BCUT2D eigenvalue weighted by molar-refractivity contribution is 0.141. The molecule has 0 saturated heterocycles. The summed E-state index contributed by atoms with van der Waals surface area (Å²) in [6.45, 7) is 0.581. The standard InChI is InChI=1S/C9H13NOS/c1-12-9-5-3-2-4-8(9)6-7-11-10/h2-5H,6-7,10H2,1H3. The van der Waals surface area contributed by atoms with Crippen molar-refractivity contribution in [3.8, 4) is 0 Å². The van der Waals surface area contributed by atoms with Crippen LogP contribution in [-0.4, -0.2) is 12.9 Å². The Balaban J connectivity index is 2.68. The average molecular weight is 183 g/mol. The second kappa shape index (κ2) is 5.19. The van der Waals surface area contributed by atoms with Gasteiger partial charge in [0.05, 0.1) is 6.61 Å². The minimum atomic E-state index is 0.581.